The summed E-state index contributed by atoms with van der Waals surface area (Å²) in [5.41, 5.74) is 2.62. The predicted molar refractivity (Wildman–Crippen MR) is 84.3 cm³/mol. The summed E-state index contributed by atoms with van der Waals surface area (Å²) < 4.78 is 38.7. The number of hydrogen-bond acceptors (Lipinski definition) is 5. The first-order chi connectivity index (χ1) is 11.7. The standard InChI is InChI=1S/C14H9Cl2F3N4O2/c15-8-2-1-7(9(16)3-8)4-23-10-5-22(14(17,18)19)6-20-11(10)12(21-23)13(24)25/h1-3,5-6,21H,4H2,(H,24,25). The van der Waals surface area contributed by atoms with Crippen LogP contribution in [0.3, 0.4) is 0 Å². The maximum Gasteiger partial charge on any atom is 0.489 e. The van der Waals surface area contributed by atoms with E-state index in [2.05, 4.69) is 10.4 Å². The number of carboxylic acids is 1. The second-order valence-corrected chi connectivity index (χ2v) is 5.94. The molecule has 1 aromatic rings. The van der Waals surface area contributed by atoms with Gasteiger partial charge in [-0.3, -0.25) is 10.4 Å². The van der Waals surface area contributed by atoms with Gasteiger partial charge in [-0.25, -0.2) is 14.7 Å². The normalized spacial score (nSPS) is 16.8. The Balaban J connectivity index is 1.96. The molecule has 2 aliphatic rings. The van der Waals surface area contributed by atoms with Crippen LogP contribution in [0.25, 0.3) is 0 Å². The van der Waals surface area contributed by atoms with Crippen molar-refractivity contribution in [3.05, 3.63) is 57.1 Å². The topological polar surface area (TPSA) is 68.2 Å². The van der Waals surface area contributed by atoms with Gasteiger partial charge < -0.3 is 5.11 Å². The van der Waals surface area contributed by atoms with Gasteiger partial charge in [-0.2, -0.15) is 0 Å². The Morgan fingerprint density at radius 1 is 1.32 bits per heavy atom. The van der Waals surface area contributed by atoms with E-state index in [1.54, 1.807) is 12.1 Å². The van der Waals surface area contributed by atoms with Gasteiger partial charge in [-0.05, 0) is 17.7 Å². The number of aliphatic carboxylic acids is 1. The van der Waals surface area contributed by atoms with Gasteiger partial charge in [0.15, 0.2) is 5.70 Å². The number of hydrogen-bond donors (Lipinski definition) is 2. The Bertz CT molecular complexity index is 836. The lowest BCUT2D eigenvalue weighted by Gasteiger charge is -2.27. The minimum Gasteiger partial charge on any atom is -0.476 e. The van der Waals surface area contributed by atoms with Crippen LogP contribution in [0.2, 0.25) is 10.0 Å². The summed E-state index contributed by atoms with van der Waals surface area (Å²) in [4.78, 5) is 14.9. The molecule has 0 amide bonds. The fourth-order valence-electron chi connectivity index (χ4n) is 2.28. The molecule has 11 heteroatoms. The van der Waals surface area contributed by atoms with Crippen molar-refractivity contribution in [2.24, 2.45) is 4.99 Å². The molecule has 0 fully saturated rings. The van der Waals surface area contributed by atoms with Crippen LogP contribution < -0.4 is 5.43 Å². The van der Waals surface area contributed by atoms with Gasteiger partial charge in [0, 0.05) is 16.2 Å². The molecule has 132 valence electrons. The molecule has 6 nitrogen and oxygen atoms in total. The van der Waals surface area contributed by atoms with Crippen LogP contribution in [0.4, 0.5) is 13.2 Å². The van der Waals surface area contributed by atoms with Crippen molar-refractivity contribution in [1.29, 1.82) is 0 Å². The molecule has 0 saturated carbocycles. The Hall–Kier alpha value is -2.39. The molecule has 0 aromatic heterocycles. The van der Waals surface area contributed by atoms with Gasteiger partial charge in [0.1, 0.15) is 17.7 Å². The van der Waals surface area contributed by atoms with Crippen LogP contribution in [0, 0.1) is 0 Å². The van der Waals surface area contributed by atoms with E-state index in [4.69, 9.17) is 23.2 Å². The number of alkyl halides is 3. The third-order valence-corrected chi connectivity index (χ3v) is 4.03. The highest BCUT2D eigenvalue weighted by molar-refractivity contribution is 6.35. The number of rotatable bonds is 3. The lowest BCUT2D eigenvalue weighted by Crippen LogP contribution is -2.37. The minimum absolute atomic E-state index is 0.00331. The summed E-state index contributed by atoms with van der Waals surface area (Å²) in [6.45, 7) is 0.00331. The number of nitrogens with one attached hydrogen (secondary N) is 1. The Kier molecular flexibility index (Phi) is 4.29. The van der Waals surface area contributed by atoms with Crippen molar-refractivity contribution in [2.75, 3.05) is 0 Å². The Morgan fingerprint density at radius 2 is 2.04 bits per heavy atom. The Labute approximate surface area is 149 Å². The van der Waals surface area contributed by atoms with Crippen LogP contribution in [-0.4, -0.2) is 33.6 Å². The zero-order valence-electron chi connectivity index (χ0n) is 12.2. The highest BCUT2D eigenvalue weighted by Gasteiger charge is 2.40. The van der Waals surface area contributed by atoms with Crippen molar-refractivity contribution >= 4 is 35.5 Å². The lowest BCUT2D eigenvalue weighted by molar-refractivity contribution is -0.200. The van der Waals surface area contributed by atoms with Crippen molar-refractivity contribution in [2.45, 2.75) is 12.8 Å². The molecule has 0 radical (unpaired) electrons. The molecule has 0 atom stereocenters. The third-order valence-electron chi connectivity index (χ3n) is 3.44. The molecule has 3 rings (SSSR count). The van der Waals surface area contributed by atoms with Gasteiger partial charge >= 0.3 is 12.3 Å². The average molecular weight is 393 g/mol. The van der Waals surface area contributed by atoms with Gasteiger partial charge in [-0.1, -0.05) is 29.3 Å². The number of nitrogens with zero attached hydrogens (tertiary/aromatic N) is 3. The fraction of sp³-hybridized carbons (Fsp3) is 0.143. The molecule has 0 saturated heterocycles. The highest BCUT2D eigenvalue weighted by Crippen LogP contribution is 2.34. The summed E-state index contributed by atoms with van der Waals surface area (Å²) in [7, 11) is 0. The first-order valence-electron chi connectivity index (χ1n) is 6.74. The van der Waals surface area contributed by atoms with Gasteiger partial charge in [0.2, 0.25) is 0 Å². The largest absolute Gasteiger partial charge is 0.489 e. The van der Waals surface area contributed by atoms with E-state index < -0.39 is 12.3 Å². The molecule has 0 unspecified atom stereocenters. The number of carboxylic acid groups (broad SMARTS) is 1. The molecule has 0 spiro atoms. The summed E-state index contributed by atoms with van der Waals surface area (Å²) in [5, 5.41) is 11.1. The first kappa shape index (κ1) is 17.4. The molecule has 0 aliphatic carbocycles. The Morgan fingerprint density at radius 3 is 2.64 bits per heavy atom. The van der Waals surface area contributed by atoms with Crippen LogP contribution in [0.15, 0.2) is 46.5 Å². The van der Waals surface area contributed by atoms with Crippen molar-refractivity contribution < 1.29 is 23.1 Å². The van der Waals surface area contributed by atoms with E-state index in [1.807, 2.05) is 0 Å². The van der Waals surface area contributed by atoms with Gasteiger partial charge in [0.25, 0.3) is 0 Å². The van der Waals surface area contributed by atoms with E-state index in [1.165, 1.54) is 11.1 Å². The van der Waals surface area contributed by atoms with Gasteiger partial charge in [0.05, 0.1) is 6.54 Å². The molecule has 2 N–H and O–H groups in total. The summed E-state index contributed by atoms with van der Waals surface area (Å²) in [5.74, 6) is -1.34. The van der Waals surface area contributed by atoms with Crippen molar-refractivity contribution in [1.82, 2.24) is 15.3 Å². The zero-order valence-corrected chi connectivity index (χ0v) is 13.7. The molecular formula is C14H9Cl2F3N4O2. The highest BCUT2D eigenvalue weighted by atomic mass is 35.5. The smallest absolute Gasteiger partial charge is 0.476 e. The third kappa shape index (κ3) is 3.38. The lowest BCUT2D eigenvalue weighted by atomic mass is 10.2. The van der Waals surface area contributed by atoms with Crippen molar-refractivity contribution in [3.63, 3.8) is 0 Å². The SMILES string of the molecule is O=C(O)C1=C2N=CN(C(F)(F)F)C=C2N(Cc2ccc(Cl)cc2Cl)N1. The van der Waals surface area contributed by atoms with E-state index in [-0.39, 0.29) is 28.5 Å². The summed E-state index contributed by atoms with van der Waals surface area (Å²) >= 11 is 11.9. The number of fused-ring (bicyclic) bond motifs is 1. The molecule has 1 aromatic carbocycles. The minimum atomic E-state index is -4.68. The fourth-order valence-corrected chi connectivity index (χ4v) is 2.75. The van der Waals surface area contributed by atoms with Crippen molar-refractivity contribution in [3.8, 4) is 0 Å². The number of benzene rings is 1. The van der Waals surface area contributed by atoms with Crippen LogP contribution >= 0.6 is 23.2 Å². The number of hydrazine groups is 1. The van der Waals surface area contributed by atoms with Crippen LogP contribution in [0.1, 0.15) is 5.56 Å². The average Bonchev–Trinajstić information content (AvgIpc) is 2.87. The van der Waals surface area contributed by atoms with E-state index >= 15 is 0 Å². The molecule has 25 heavy (non-hydrogen) atoms. The molecule has 2 aliphatic heterocycles. The second-order valence-electron chi connectivity index (χ2n) is 5.10. The number of halogens is 5. The monoisotopic (exact) mass is 392 g/mol. The zero-order chi connectivity index (χ0) is 18.4. The second kappa shape index (κ2) is 6.16. The quantitative estimate of drug-likeness (QED) is 0.772. The maximum absolute atomic E-state index is 12.9. The molecular weight excluding hydrogens is 384 g/mol. The number of carbonyl (C=O) groups is 1. The summed E-state index contributed by atoms with van der Waals surface area (Å²) in [6, 6.07) is 4.65. The van der Waals surface area contributed by atoms with Gasteiger partial charge in [-0.15, -0.1) is 13.2 Å². The summed E-state index contributed by atoms with van der Waals surface area (Å²) in [6.07, 6.45) is -3.41. The maximum atomic E-state index is 12.9. The van der Waals surface area contributed by atoms with E-state index in [0.29, 0.717) is 21.9 Å². The molecule has 0 bridgehead atoms. The van der Waals surface area contributed by atoms with E-state index in [9.17, 15) is 23.1 Å². The predicted octanol–water partition coefficient (Wildman–Crippen LogP) is 3.31. The first-order valence-corrected chi connectivity index (χ1v) is 7.49. The van der Waals surface area contributed by atoms with E-state index in [0.717, 1.165) is 6.20 Å². The van der Waals surface area contributed by atoms with Crippen LogP contribution in [0.5, 0.6) is 0 Å². The molecule has 2 heterocycles. The van der Waals surface area contributed by atoms with Crippen LogP contribution in [-0.2, 0) is 11.3 Å². The number of aliphatic imine (C=N–C) groups is 1.